The standard InChI is InChI=1S/C7H6O/c1-6-4-2-3-5-7(6)8/h2-5H,1H2/p+1. The molecule has 1 aliphatic carbocycles. The summed E-state index contributed by atoms with van der Waals surface area (Å²) >= 11 is 0. The van der Waals surface area contributed by atoms with Crippen LogP contribution in [0.3, 0.4) is 0 Å². The van der Waals surface area contributed by atoms with Gasteiger partial charge in [0.2, 0.25) is 0 Å². The Morgan fingerprint density at radius 2 is 1.88 bits per heavy atom. The molecule has 0 aliphatic heterocycles. The Hall–Kier alpha value is -1.11. The smallest absolute Gasteiger partial charge is 0.273 e. The average Bonchev–Trinajstić information content (AvgIpc) is 1.77. The number of hydrogen-bond donors (Lipinski definition) is 0. The molecule has 1 N–H and O–H groups in total. The van der Waals surface area contributed by atoms with Crippen LogP contribution in [0, 0.1) is 0 Å². The molecule has 0 radical (unpaired) electrons. The van der Waals surface area contributed by atoms with Crippen molar-refractivity contribution in [3.8, 4) is 0 Å². The summed E-state index contributed by atoms with van der Waals surface area (Å²) < 4.78 is 0. The maximum atomic E-state index is 8.86. The highest BCUT2D eigenvalue weighted by Gasteiger charge is 2.06. The highest BCUT2D eigenvalue weighted by atomic mass is 16.1. The topological polar surface area (TPSA) is 21.4 Å². The molecule has 1 aliphatic rings. The number of allylic oxidation sites excluding steroid dienone is 5. The predicted octanol–water partition coefficient (Wildman–Crippen LogP) is 1.21. The van der Waals surface area contributed by atoms with Gasteiger partial charge in [0.25, 0.3) is 0 Å². The second-order valence-electron chi connectivity index (χ2n) is 1.63. The maximum Gasteiger partial charge on any atom is 0.346 e. The molecule has 0 aromatic rings. The minimum absolute atomic E-state index is 0.257. The summed E-state index contributed by atoms with van der Waals surface area (Å²) in [6.07, 6.45) is 6.98. The minimum atomic E-state index is 0.257. The molecule has 8 heavy (non-hydrogen) atoms. The molecule has 1 heteroatoms. The van der Waals surface area contributed by atoms with Gasteiger partial charge in [-0.25, -0.2) is 0 Å². The quantitative estimate of drug-likeness (QED) is 0.328. The molecule has 0 heterocycles. The molecule has 0 spiro atoms. The van der Waals surface area contributed by atoms with Crippen molar-refractivity contribution in [3.63, 3.8) is 0 Å². The number of rotatable bonds is 0. The first kappa shape index (κ1) is 5.04. The van der Waals surface area contributed by atoms with Gasteiger partial charge in [-0.05, 0) is 6.08 Å². The van der Waals surface area contributed by atoms with Crippen LogP contribution >= 0.6 is 0 Å². The molecule has 0 fully saturated rings. The SMILES string of the molecule is C=C1C=CC=CC1=[OH+]. The van der Waals surface area contributed by atoms with E-state index in [9.17, 15) is 0 Å². The van der Waals surface area contributed by atoms with Crippen LogP contribution in [0.25, 0.3) is 0 Å². The van der Waals surface area contributed by atoms with Gasteiger partial charge < -0.3 is 0 Å². The van der Waals surface area contributed by atoms with E-state index < -0.39 is 0 Å². The summed E-state index contributed by atoms with van der Waals surface area (Å²) in [5, 5.41) is 0. The van der Waals surface area contributed by atoms with E-state index in [0.717, 1.165) is 0 Å². The Morgan fingerprint density at radius 1 is 1.25 bits per heavy atom. The van der Waals surface area contributed by atoms with Crippen molar-refractivity contribution in [3.05, 3.63) is 36.5 Å². The van der Waals surface area contributed by atoms with Crippen molar-refractivity contribution >= 4 is 5.78 Å². The van der Waals surface area contributed by atoms with Gasteiger partial charge in [0.1, 0.15) is 0 Å². The molecule has 0 unspecified atom stereocenters. The third kappa shape index (κ3) is 0.757. The first-order chi connectivity index (χ1) is 3.80. The summed E-state index contributed by atoms with van der Waals surface area (Å²) in [5.74, 6) is 0.257. The number of hydrogen-bond acceptors (Lipinski definition) is 0. The van der Waals surface area contributed by atoms with E-state index in [4.69, 9.17) is 4.79 Å². The second kappa shape index (κ2) is 1.78. The van der Waals surface area contributed by atoms with Crippen molar-refractivity contribution in [2.75, 3.05) is 0 Å². The van der Waals surface area contributed by atoms with E-state index in [1.54, 1.807) is 18.2 Å². The fourth-order valence-electron chi connectivity index (χ4n) is 0.511. The Morgan fingerprint density at radius 3 is 2.25 bits per heavy atom. The zero-order chi connectivity index (χ0) is 5.98. The van der Waals surface area contributed by atoms with E-state index in [2.05, 4.69) is 6.58 Å². The fourth-order valence-corrected chi connectivity index (χ4v) is 0.511. The van der Waals surface area contributed by atoms with Crippen LogP contribution in [0.15, 0.2) is 36.5 Å². The molecular formula is C7H7O+. The van der Waals surface area contributed by atoms with E-state index in [1.807, 2.05) is 6.08 Å². The molecule has 1 nitrogen and oxygen atoms in total. The van der Waals surface area contributed by atoms with E-state index in [0.29, 0.717) is 5.57 Å². The van der Waals surface area contributed by atoms with Crippen LogP contribution in [0.5, 0.6) is 0 Å². The summed E-state index contributed by atoms with van der Waals surface area (Å²) in [6.45, 7) is 3.57. The molecule has 0 saturated carbocycles. The van der Waals surface area contributed by atoms with Crippen molar-refractivity contribution in [2.24, 2.45) is 0 Å². The Kier molecular flexibility index (Phi) is 1.12. The molecule has 0 saturated heterocycles. The third-order valence-corrected chi connectivity index (χ3v) is 0.992. The largest absolute Gasteiger partial charge is 0.346 e. The van der Waals surface area contributed by atoms with Crippen LogP contribution in [0.1, 0.15) is 0 Å². The number of ketones is 1. The summed E-state index contributed by atoms with van der Waals surface area (Å²) in [5.41, 5.74) is 0.674. The highest BCUT2D eigenvalue weighted by molar-refractivity contribution is 6.07. The Balaban J connectivity index is 2.89. The summed E-state index contributed by atoms with van der Waals surface area (Å²) in [4.78, 5) is 8.86. The van der Waals surface area contributed by atoms with Gasteiger partial charge in [-0.3, -0.25) is 4.79 Å². The van der Waals surface area contributed by atoms with E-state index in [-0.39, 0.29) is 5.78 Å². The summed E-state index contributed by atoms with van der Waals surface area (Å²) in [7, 11) is 0. The van der Waals surface area contributed by atoms with Crippen LogP contribution in [0.2, 0.25) is 0 Å². The van der Waals surface area contributed by atoms with Gasteiger partial charge in [0.05, 0.1) is 5.57 Å². The van der Waals surface area contributed by atoms with Gasteiger partial charge in [0.15, 0.2) is 0 Å². The second-order valence-corrected chi connectivity index (χ2v) is 1.63. The van der Waals surface area contributed by atoms with Crippen LogP contribution in [0.4, 0.5) is 0 Å². The lowest BCUT2D eigenvalue weighted by molar-refractivity contribution is 0.681. The van der Waals surface area contributed by atoms with Gasteiger partial charge in [-0.1, -0.05) is 18.7 Å². The maximum absolute atomic E-state index is 8.86. The molecule has 0 aromatic heterocycles. The van der Waals surface area contributed by atoms with E-state index in [1.165, 1.54) is 0 Å². The normalized spacial score (nSPS) is 17.5. The lowest BCUT2D eigenvalue weighted by atomic mass is 10.1. The van der Waals surface area contributed by atoms with Crippen molar-refractivity contribution < 1.29 is 4.79 Å². The third-order valence-electron chi connectivity index (χ3n) is 0.992. The zero-order valence-corrected chi connectivity index (χ0v) is 4.46. The lowest BCUT2D eigenvalue weighted by Crippen LogP contribution is -1.96. The molecule has 1 rings (SSSR count). The molecular weight excluding hydrogens is 100 g/mol. The minimum Gasteiger partial charge on any atom is -0.273 e. The molecule has 0 aromatic carbocycles. The first-order valence-electron chi connectivity index (χ1n) is 2.40. The van der Waals surface area contributed by atoms with Gasteiger partial charge >= 0.3 is 5.78 Å². The molecule has 0 bridgehead atoms. The molecule has 40 valence electrons. The lowest BCUT2D eigenvalue weighted by Gasteiger charge is -1.88. The predicted molar refractivity (Wildman–Crippen MR) is 34.4 cm³/mol. The van der Waals surface area contributed by atoms with Gasteiger partial charge in [-0.2, -0.15) is 0 Å². The average molecular weight is 107 g/mol. The Labute approximate surface area is 48.0 Å². The monoisotopic (exact) mass is 107 g/mol. The van der Waals surface area contributed by atoms with Crippen molar-refractivity contribution in [1.82, 2.24) is 0 Å². The van der Waals surface area contributed by atoms with Crippen LogP contribution in [-0.2, 0) is 0 Å². The highest BCUT2D eigenvalue weighted by Crippen LogP contribution is 2.01. The van der Waals surface area contributed by atoms with Gasteiger partial charge in [-0.15, -0.1) is 0 Å². The summed E-state index contributed by atoms with van der Waals surface area (Å²) in [6, 6.07) is 0. The van der Waals surface area contributed by atoms with E-state index >= 15 is 0 Å². The van der Waals surface area contributed by atoms with Crippen LogP contribution < -0.4 is 0 Å². The fraction of sp³-hybridized carbons (Fsp3) is 0. The molecule has 0 amide bonds. The zero-order valence-electron chi connectivity index (χ0n) is 4.46. The number of carbonyl (C=O) groups excluding carboxylic acids is 1. The Bertz CT molecular complexity index is 163. The first-order valence-corrected chi connectivity index (χ1v) is 2.40. The van der Waals surface area contributed by atoms with Gasteiger partial charge in [0, 0.05) is 6.08 Å². The molecule has 0 atom stereocenters. The van der Waals surface area contributed by atoms with Crippen molar-refractivity contribution in [2.45, 2.75) is 0 Å². The van der Waals surface area contributed by atoms with Crippen molar-refractivity contribution in [1.29, 1.82) is 0 Å². The van der Waals surface area contributed by atoms with Crippen LogP contribution in [-0.4, -0.2) is 10.6 Å².